The van der Waals surface area contributed by atoms with Crippen LogP contribution >= 0.6 is 0 Å². The highest BCUT2D eigenvalue weighted by Gasteiger charge is 2.21. The monoisotopic (exact) mass is 298 g/mol. The van der Waals surface area contributed by atoms with Gasteiger partial charge in [0.15, 0.2) is 5.69 Å². The minimum atomic E-state index is -0.279. The number of carbonyl (C=O) groups excluding carboxylic acids is 1. The Morgan fingerprint density at radius 3 is 3.14 bits per heavy atom. The average Bonchev–Trinajstić information content (AvgIpc) is 2.99. The lowest BCUT2D eigenvalue weighted by atomic mass is 9.96. The number of methoxy groups -OCH3 is 1. The van der Waals surface area contributed by atoms with Crippen LogP contribution in [0.3, 0.4) is 0 Å². The van der Waals surface area contributed by atoms with Crippen molar-refractivity contribution in [2.75, 3.05) is 7.11 Å². The number of carbonyl (C=O) groups is 1. The van der Waals surface area contributed by atoms with Gasteiger partial charge in [0.2, 0.25) is 0 Å². The Bertz CT molecular complexity index is 706. The van der Waals surface area contributed by atoms with Gasteiger partial charge in [-0.2, -0.15) is 10.2 Å². The third kappa shape index (κ3) is 3.00. The van der Waals surface area contributed by atoms with Crippen molar-refractivity contribution in [3.05, 3.63) is 46.8 Å². The molecular weight excluding hydrogens is 280 g/mol. The summed E-state index contributed by atoms with van der Waals surface area (Å²) in [5.41, 5.74) is 5.94. The number of hydrazone groups is 1. The standard InChI is InChI=1S/C16H18N4O2/c1-22-12-6-4-5-11(9-12)10-17-20-16(21)15-13-7-2-3-8-14(13)18-19-15/h4-6,9-10H,2-3,7-8H2,1H3,(H,18,19)(H,20,21). The maximum atomic E-state index is 12.2. The van der Waals surface area contributed by atoms with Crippen LogP contribution in [0.25, 0.3) is 0 Å². The van der Waals surface area contributed by atoms with Gasteiger partial charge < -0.3 is 4.74 Å². The molecule has 0 aliphatic heterocycles. The number of amides is 1. The fourth-order valence-corrected chi connectivity index (χ4v) is 2.61. The van der Waals surface area contributed by atoms with E-state index in [-0.39, 0.29) is 5.91 Å². The van der Waals surface area contributed by atoms with Crippen molar-refractivity contribution < 1.29 is 9.53 Å². The van der Waals surface area contributed by atoms with Crippen LogP contribution in [0, 0.1) is 0 Å². The van der Waals surface area contributed by atoms with E-state index in [0.29, 0.717) is 5.69 Å². The maximum Gasteiger partial charge on any atom is 0.292 e. The summed E-state index contributed by atoms with van der Waals surface area (Å²) in [7, 11) is 1.61. The zero-order valence-corrected chi connectivity index (χ0v) is 12.4. The highest BCUT2D eigenvalue weighted by atomic mass is 16.5. The number of hydrogen-bond donors (Lipinski definition) is 2. The van der Waals surface area contributed by atoms with Gasteiger partial charge in [0.25, 0.3) is 5.91 Å². The first-order valence-corrected chi connectivity index (χ1v) is 7.31. The Hall–Kier alpha value is -2.63. The van der Waals surface area contributed by atoms with Gasteiger partial charge in [-0.05, 0) is 43.4 Å². The molecular formula is C16H18N4O2. The summed E-state index contributed by atoms with van der Waals surface area (Å²) >= 11 is 0. The maximum absolute atomic E-state index is 12.2. The van der Waals surface area contributed by atoms with Crippen LogP contribution < -0.4 is 10.2 Å². The number of hydrogen-bond acceptors (Lipinski definition) is 4. The van der Waals surface area contributed by atoms with Gasteiger partial charge in [0, 0.05) is 11.3 Å². The summed E-state index contributed by atoms with van der Waals surface area (Å²) in [4.78, 5) is 12.2. The SMILES string of the molecule is COc1cccc(C=NNC(=O)c2n[nH]c3c2CCCC3)c1. The van der Waals surface area contributed by atoms with Gasteiger partial charge in [-0.25, -0.2) is 5.43 Å². The van der Waals surface area contributed by atoms with Crippen LogP contribution in [0.1, 0.15) is 40.2 Å². The summed E-state index contributed by atoms with van der Waals surface area (Å²) in [6.07, 6.45) is 5.68. The molecule has 1 heterocycles. The van der Waals surface area contributed by atoms with Crippen LogP contribution in [-0.2, 0) is 12.8 Å². The highest BCUT2D eigenvalue weighted by Crippen LogP contribution is 2.21. The molecule has 0 radical (unpaired) electrons. The molecule has 3 rings (SSSR count). The Morgan fingerprint density at radius 2 is 2.27 bits per heavy atom. The van der Waals surface area contributed by atoms with Gasteiger partial charge >= 0.3 is 0 Å². The van der Waals surface area contributed by atoms with Crippen molar-refractivity contribution in [1.82, 2.24) is 15.6 Å². The molecule has 6 nitrogen and oxygen atoms in total. The van der Waals surface area contributed by atoms with Gasteiger partial charge in [-0.3, -0.25) is 9.89 Å². The molecule has 1 aliphatic carbocycles. The predicted octanol–water partition coefficient (Wildman–Crippen LogP) is 2.06. The van der Waals surface area contributed by atoms with Gasteiger partial charge in [0.1, 0.15) is 5.75 Å². The summed E-state index contributed by atoms with van der Waals surface area (Å²) in [5.74, 6) is 0.468. The Kier molecular flexibility index (Phi) is 4.18. The van der Waals surface area contributed by atoms with E-state index in [9.17, 15) is 4.79 Å². The number of aromatic nitrogens is 2. The van der Waals surface area contributed by atoms with E-state index in [1.807, 2.05) is 24.3 Å². The Labute approximate surface area is 128 Å². The number of nitrogens with one attached hydrogen (secondary N) is 2. The Morgan fingerprint density at radius 1 is 1.41 bits per heavy atom. The second kappa shape index (κ2) is 6.43. The van der Waals surface area contributed by atoms with E-state index in [0.717, 1.165) is 48.3 Å². The lowest BCUT2D eigenvalue weighted by molar-refractivity contribution is 0.0949. The van der Waals surface area contributed by atoms with E-state index in [1.165, 1.54) is 0 Å². The number of nitrogens with zero attached hydrogens (tertiary/aromatic N) is 2. The minimum Gasteiger partial charge on any atom is -0.497 e. The number of ether oxygens (including phenoxy) is 1. The van der Waals surface area contributed by atoms with Gasteiger partial charge in [0.05, 0.1) is 13.3 Å². The smallest absolute Gasteiger partial charge is 0.292 e. The molecule has 1 aromatic heterocycles. The number of H-pyrrole nitrogens is 1. The van der Waals surface area contributed by atoms with E-state index in [1.54, 1.807) is 13.3 Å². The van der Waals surface area contributed by atoms with Crippen molar-refractivity contribution in [3.8, 4) is 5.75 Å². The zero-order valence-electron chi connectivity index (χ0n) is 12.4. The fraction of sp³-hybridized carbons (Fsp3) is 0.312. The molecule has 2 aromatic rings. The van der Waals surface area contributed by atoms with Crippen LogP contribution in [-0.4, -0.2) is 29.4 Å². The first-order chi connectivity index (χ1) is 10.8. The van der Waals surface area contributed by atoms with E-state index >= 15 is 0 Å². The quantitative estimate of drug-likeness (QED) is 0.670. The van der Waals surface area contributed by atoms with Crippen molar-refractivity contribution in [2.24, 2.45) is 5.10 Å². The van der Waals surface area contributed by atoms with Gasteiger partial charge in [-0.1, -0.05) is 12.1 Å². The third-order valence-corrected chi connectivity index (χ3v) is 3.74. The molecule has 0 fully saturated rings. The number of fused-ring (bicyclic) bond motifs is 1. The lowest BCUT2D eigenvalue weighted by Crippen LogP contribution is -2.20. The predicted molar refractivity (Wildman–Crippen MR) is 83.3 cm³/mol. The molecule has 114 valence electrons. The third-order valence-electron chi connectivity index (χ3n) is 3.74. The molecule has 6 heteroatoms. The second-order valence-electron chi connectivity index (χ2n) is 5.21. The molecule has 22 heavy (non-hydrogen) atoms. The average molecular weight is 298 g/mol. The molecule has 1 aliphatic rings. The lowest BCUT2D eigenvalue weighted by Gasteiger charge is -2.10. The molecule has 2 N–H and O–H groups in total. The van der Waals surface area contributed by atoms with Crippen molar-refractivity contribution >= 4 is 12.1 Å². The first-order valence-electron chi connectivity index (χ1n) is 7.31. The summed E-state index contributed by atoms with van der Waals surface area (Å²) in [6, 6.07) is 7.44. The summed E-state index contributed by atoms with van der Waals surface area (Å²) in [6.45, 7) is 0. The number of aryl methyl sites for hydroxylation is 1. The fourth-order valence-electron chi connectivity index (χ4n) is 2.61. The van der Waals surface area contributed by atoms with Crippen LogP contribution in [0.15, 0.2) is 29.4 Å². The normalized spacial score (nSPS) is 13.9. The molecule has 0 bridgehead atoms. The molecule has 1 amide bonds. The highest BCUT2D eigenvalue weighted by molar-refractivity contribution is 5.94. The van der Waals surface area contributed by atoms with Gasteiger partial charge in [-0.15, -0.1) is 0 Å². The van der Waals surface area contributed by atoms with Crippen molar-refractivity contribution in [2.45, 2.75) is 25.7 Å². The minimum absolute atomic E-state index is 0.279. The van der Waals surface area contributed by atoms with Crippen LogP contribution in [0.5, 0.6) is 5.75 Å². The Balaban J connectivity index is 1.67. The summed E-state index contributed by atoms with van der Waals surface area (Å²) in [5, 5.41) is 11.1. The molecule has 0 atom stereocenters. The van der Waals surface area contributed by atoms with E-state index < -0.39 is 0 Å². The van der Waals surface area contributed by atoms with Crippen LogP contribution in [0.2, 0.25) is 0 Å². The molecule has 1 aromatic carbocycles. The number of benzene rings is 1. The molecule has 0 saturated heterocycles. The van der Waals surface area contributed by atoms with E-state index in [4.69, 9.17) is 4.74 Å². The van der Waals surface area contributed by atoms with E-state index in [2.05, 4.69) is 20.7 Å². The zero-order chi connectivity index (χ0) is 15.4. The number of rotatable bonds is 4. The molecule has 0 saturated carbocycles. The topological polar surface area (TPSA) is 79.4 Å². The largest absolute Gasteiger partial charge is 0.497 e. The number of aromatic amines is 1. The van der Waals surface area contributed by atoms with Crippen LogP contribution in [0.4, 0.5) is 0 Å². The molecule has 0 spiro atoms. The second-order valence-corrected chi connectivity index (χ2v) is 5.21. The summed E-state index contributed by atoms with van der Waals surface area (Å²) < 4.78 is 5.14. The van der Waals surface area contributed by atoms with Crippen molar-refractivity contribution in [1.29, 1.82) is 0 Å². The molecule has 0 unspecified atom stereocenters. The first kappa shape index (κ1) is 14.3. The van der Waals surface area contributed by atoms with Crippen molar-refractivity contribution in [3.63, 3.8) is 0 Å².